The van der Waals surface area contributed by atoms with Crippen molar-refractivity contribution >= 4 is 30.1 Å². The van der Waals surface area contributed by atoms with Crippen molar-refractivity contribution in [3.05, 3.63) is 29.2 Å². The van der Waals surface area contributed by atoms with Gasteiger partial charge in [0, 0.05) is 17.5 Å². The van der Waals surface area contributed by atoms with E-state index in [0.29, 0.717) is 24.7 Å². The number of carbonyl (C=O) groups is 2. The highest BCUT2D eigenvalue weighted by atomic mass is 35.5. The van der Waals surface area contributed by atoms with Gasteiger partial charge in [0.05, 0.1) is 12.2 Å². The number of carbonyl (C=O) groups excluding carboxylic acids is 1. The molecule has 152 valence electrons. The van der Waals surface area contributed by atoms with Crippen molar-refractivity contribution in [2.24, 2.45) is 0 Å². The number of aliphatic carboxylic acids is 1. The van der Waals surface area contributed by atoms with Crippen LogP contribution in [0.3, 0.4) is 0 Å². The lowest BCUT2D eigenvalue weighted by Gasteiger charge is -2.32. The third-order valence-electron chi connectivity index (χ3n) is 4.50. The Morgan fingerprint density at radius 3 is 2.46 bits per heavy atom. The normalized spacial score (nSPS) is 17.0. The number of rotatable bonds is 5. The zero-order valence-electron chi connectivity index (χ0n) is 16.2. The zero-order chi connectivity index (χ0) is 19.6. The smallest absolute Gasteiger partial charge is 0.320 e. The molecule has 1 aliphatic heterocycles. The molecule has 10 heteroatoms. The molecular formula is C18H25ClN6O3. The summed E-state index contributed by atoms with van der Waals surface area (Å²) in [4.78, 5) is 34.4. The number of amides is 1. The van der Waals surface area contributed by atoms with Gasteiger partial charge < -0.3 is 10.4 Å². The largest absolute Gasteiger partial charge is 0.480 e. The van der Waals surface area contributed by atoms with Gasteiger partial charge in [-0.15, -0.1) is 12.4 Å². The number of nitrogens with zero attached hydrogens (tertiary/aromatic N) is 5. The second kappa shape index (κ2) is 9.11. The molecule has 0 radical (unpaired) electrons. The van der Waals surface area contributed by atoms with Crippen LogP contribution in [0.2, 0.25) is 0 Å². The van der Waals surface area contributed by atoms with Crippen molar-refractivity contribution in [1.29, 1.82) is 0 Å². The number of halogens is 1. The summed E-state index contributed by atoms with van der Waals surface area (Å²) < 4.78 is 1.50. The fourth-order valence-corrected chi connectivity index (χ4v) is 3.37. The van der Waals surface area contributed by atoms with E-state index < -0.39 is 12.0 Å². The minimum atomic E-state index is -0.882. The highest BCUT2D eigenvalue weighted by molar-refractivity contribution is 5.92. The molecular weight excluding hydrogens is 384 g/mol. The number of carboxylic acid groups (broad SMARTS) is 1. The molecule has 1 saturated heterocycles. The van der Waals surface area contributed by atoms with E-state index >= 15 is 0 Å². The van der Waals surface area contributed by atoms with Gasteiger partial charge in [-0.25, -0.2) is 9.97 Å². The van der Waals surface area contributed by atoms with Crippen molar-refractivity contribution in [2.45, 2.75) is 46.1 Å². The Hall–Kier alpha value is -2.52. The number of hydrogen-bond acceptors (Lipinski definition) is 6. The molecule has 9 nitrogen and oxygen atoms in total. The number of aryl methyl sites for hydroxylation is 3. The van der Waals surface area contributed by atoms with Crippen LogP contribution < -0.4 is 5.32 Å². The molecule has 28 heavy (non-hydrogen) atoms. The first-order chi connectivity index (χ1) is 12.8. The second-order valence-corrected chi connectivity index (χ2v) is 6.90. The van der Waals surface area contributed by atoms with Crippen molar-refractivity contribution in [3.63, 3.8) is 0 Å². The average molecular weight is 409 g/mol. The van der Waals surface area contributed by atoms with E-state index in [1.807, 2.05) is 26.8 Å². The predicted octanol–water partition coefficient (Wildman–Crippen LogP) is 1.89. The third kappa shape index (κ3) is 5.05. The molecule has 0 saturated carbocycles. The molecule has 3 heterocycles. The summed E-state index contributed by atoms with van der Waals surface area (Å²) in [5.41, 5.74) is 2.33. The highest BCUT2D eigenvalue weighted by Crippen LogP contribution is 2.18. The van der Waals surface area contributed by atoms with E-state index in [1.165, 1.54) is 4.68 Å². The number of likely N-dealkylation sites (tertiary alicyclic amines) is 1. The van der Waals surface area contributed by atoms with Crippen molar-refractivity contribution in [1.82, 2.24) is 24.6 Å². The van der Waals surface area contributed by atoms with Crippen molar-refractivity contribution in [3.8, 4) is 5.95 Å². The molecule has 0 aliphatic carbocycles. The first-order valence-corrected chi connectivity index (χ1v) is 8.99. The molecule has 2 aromatic rings. The van der Waals surface area contributed by atoms with E-state index in [2.05, 4.69) is 20.4 Å². The van der Waals surface area contributed by atoms with Gasteiger partial charge in [0.15, 0.2) is 0 Å². The summed E-state index contributed by atoms with van der Waals surface area (Å²) in [5, 5.41) is 16.6. The van der Waals surface area contributed by atoms with Gasteiger partial charge in [0.1, 0.15) is 11.9 Å². The van der Waals surface area contributed by atoms with Crippen LogP contribution in [0, 0.1) is 20.8 Å². The SMILES string of the molecule is Cc1cc(C)nc(-n2nc(C)cc2NC(=O)CN2CCCCC2C(=O)O)n1.Cl. The average Bonchev–Trinajstić information content (AvgIpc) is 2.94. The molecule has 1 atom stereocenters. The first kappa shape index (κ1) is 21.8. The van der Waals surface area contributed by atoms with Crippen LogP contribution in [0.5, 0.6) is 0 Å². The summed E-state index contributed by atoms with van der Waals surface area (Å²) in [6.07, 6.45) is 2.33. The summed E-state index contributed by atoms with van der Waals surface area (Å²) in [6.45, 7) is 6.18. The Labute approximate surface area is 169 Å². The molecule has 2 N–H and O–H groups in total. The number of aromatic nitrogens is 4. The molecule has 0 bridgehead atoms. The van der Waals surface area contributed by atoms with Gasteiger partial charge >= 0.3 is 5.97 Å². The number of carboxylic acids is 1. The summed E-state index contributed by atoms with van der Waals surface area (Å²) in [6, 6.07) is 2.99. The lowest BCUT2D eigenvalue weighted by atomic mass is 10.0. The van der Waals surface area contributed by atoms with Crippen LogP contribution in [0.4, 0.5) is 5.82 Å². The molecule has 1 unspecified atom stereocenters. The second-order valence-electron chi connectivity index (χ2n) is 6.90. The van der Waals surface area contributed by atoms with Crippen LogP contribution >= 0.6 is 12.4 Å². The molecule has 1 fully saturated rings. The fourth-order valence-electron chi connectivity index (χ4n) is 3.37. The van der Waals surface area contributed by atoms with Crippen molar-refractivity contribution in [2.75, 3.05) is 18.4 Å². The molecule has 2 aromatic heterocycles. The van der Waals surface area contributed by atoms with Gasteiger partial charge in [-0.05, 0) is 46.2 Å². The lowest BCUT2D eigenvalue weighted by molar-refractivity contribution is -0.145. The summed E-state index contributed by atoms with van der Waals surface area (Å²) in [5.74, 6) is -0.315. The maximum atomic E-state index is 12.5. The van der Waals surface area contributed by atoms with E-state index in [9.17, 15) is 14.7 Å². The van der Waals surface area contributed by atoms with Gasteiger partial charge in [0.2, 0.25) is 5.91 Å². The molecule has 1 aliphatic rings. The van der Waals surface area contributed by atoms with E-state index in [-0.39, 0.29) is 24.9 Å². The predicted molar refractivity (Wildman–Crippen MR) is 106 cm³/mol. The molecule has 0 spiro atoms. The van der Waals surface area contributed by atoms with Crippen LogP contribution in [0.1, 0.15) is 36.3 Å². The Morgan fingerprint density at radius 2 is 1.82 bits per heavy atom. The monoisotopic (exact) mass is 408 g/mol. The topological polar surface area (TPSA) is 113 Å². The van der Waals surface area contributed by atoms with E-state index in [1.54, 1.807) is 11.0 Å². The van der Waals surface area contributed by atoms with Crippen LogP contribution in [0.25, 0.3) is 5.95 Å². The zero-order valence-corrected chi connectivity index (χ0v) is 17.0. The molecule has 0 aromatic carbocycles. The van der Waals surface area contributed by atoms with Gasteiger partial charge in [-0.1, -0.05) is 6.42 Å². The highest BCUT2D eigenvalue weighted by Gasteiger charge is 2.29. The minimum absolute atomic E-state index is 0. The van der Waals surface area contributed by atoms with Crippen LogP contribution in [-0.4, -0.2) is 60.8 Å². The number of anilines is 1. The maximum Gasteiger partial charge on any atom is 0.320 e. The fraction of sp³-hybridized carbons (Fsp3) is 0.500. The van der Waals surface area contributed by atoms with Crippen molar-refractivity contribution < 1.29 is 14.7 Å². The van der Waals surface area contributed by atoms with Gasteiger partial charge in [-0.3, -0.25) is 14.5 Å². The van der Waals surface area contributed by atoms with Gasteiger partial charge in [0.25, 0.3) is 5.95 Å². The lowest BCUT2D eigenvalue weighted by Crippen LogP contribution is -2.47. The standard InChI is InChI=1S/C18H24N6O3.ClH/c1-11-8-12(2)20-18(19-11)24-15(9-13(3)22-24)21-16(25)10-23-7-5-4-6-14(23)17(26)27;/h8-9,14H,4-7,10H2,1-3H3,(H,21,25)(H,26,27);1H. The summed E-state index contributed by atoms with van der Waals surface area (Å²) in [7, 11) is 0. The number of hydrogen-bond donors (Lipinski definition) is 2. The number of piperidine rings is 1. The Morgan fingerprint density at radius 1 is 1.14 bits per heavy atom. The van der Waals surface area contributed by atoms with Gasteiger partial charge in [-0.2, -0.15) is 9.78 Å². The maximum absolute atomic E-state index is 12.5. The Kier molecular flexibility index (Phi) is 7.09. The third-order valence-corrected chi connectivity index (χ3v) is 4.50. The Bertz CT molecular complexity index is 849. The molecule has 3 rings (SSSR count). The first-order valence-electron chi connectivity index (χ1n) is 8.99. The van der Waals surface area contributed by atoms with E-state index in [4.69, 9.17) is 0 Å². The number of nitrogens with one attached hydrogen (secondary N) is 1. The van der Waals surface area contributed by atoms with Crippen LogP contribution in [0.15, 0.2) is 12.1 Å². The summed E-state index contributed by atoms with van der Waals surface area (Å²) >= 11 is 0. The Balaban J connectivity index is 0.00000280. The quantitative estimate of drug-likeness (QED) is 0.776. The molecule has 1 amide bonds. The van der Waals surface area contributed by atoms with E-state index in [0.717, 1.165) is 29.9 Å². The van der Waals surface area contributed by atoms with Crippen LogP contribution in [-0.2, 0) is 9.59 Å². The minimum Gasteiger partial charge on any atom is -0.480 e.